The van der Waals surface area contributed by atoms with Gasteiger partial charge in [-0.05, 0) is 49.1 Å². The van der Waals surface area contributed by atoms with Crippen molar-refractivity contribution in [1.29, 1.82) is 0 Å². The van der Waals surface area contributed by atoms with E-state index in [4.69, 9.17) is 0 Å². The molecule has 3 aromatic heterocycles. The predicted molar refractivity (Wildman–Crippen MR) is 122 cm³/mol. The summed E-state index contributed by atoms with van der Waals surface area (Å²) in [4.78, 5) is 22.9. The number of benzene rings is 1. The molecule has 1 atom stereocenters. The highest BCUT2D eigenvalue weighted by Crippen LogP contribution is 2.40. The van der Waals surface area contributed by atoms with Gasteiger partial charge in [-0.25, -0.2) is 0 Å². The molecule has 1 fully saturated rings. The lowest BCUT2D eigenvalue weighted by atomic mass is 9.89. The average molecular weight is 414 g/mol. The third kappa shape index (κ3) is 3.85. The van der Waals surface area contributed by atoms with Crippen molar-refractivity contribution in [3.63, 3.8) is 0 Å². The number of nitrogens with zero attached hydrogens (tertiary/aromatic N) is 4. The number of aryl methyl sites for hydroxylation is 2. The van der Waals surface area contributed by atoms with Crippen molar-refractivity contribution < 1.29 is 4.79 Å². The van der Waals surface area contributed by atoms with Crippen LogP contribution < -0.4 is 0 Å². The van der Waals surface area contributed by atoms with Gasteiger partial charge < -0.3 is 9.88 Å². The van der Waals surface area contributed by atoms with E-state index in [1.54, 1.807) is 6.20 Å². The quantitative estimate of drug-likeness (QED) is 0.523. The van der Waals surface area contributed by atoms with Gasteiger partial charge in [-0.15, -0.1) is 0 Å². The normalized spacial score (nSPS) is 16.7. The third-order valence-corrected chi connectivity index (χ3v) is 6.34. The van der Waals surface area contributed by atoms with E-state index in [9.17, 15) is 4.79 Å². The van der Waals surface area contributed by atoms with E-state index in [1.165, 1.54) is 33.3 Å². The molecule has 0 aliphatic carbocycles. The van der Waals surface area contributed by atoms with E-state index in [2.05, 4.69) is 52.3 Å². The number of carbonyl (C=O) groups excluding carboxylic acids is 1. The topological polar surface area (TPSA) is 66.8 Å². The number of fused-ring (bicyclic) bond motifs is 1. The van der Waals surface area contributed by atoms with Crippen LogP contribution in [-0.4, -0.2) is 43.6 Å². The smallest absolute Gasteiger partial charge is 0.224 e. The summed E-state index contributed by atoms with van der Waals surface area (Å²) in [7, 11) is 0. The lowest BCUT2D eigenvalue weighted by molar-refractivity contribution is -0.132. The Kier molecular flexibility index (Phi) is 5.28. The van der Waals surface area contributed by atoms with Crippen molar-refractivity contribution in [1.82, 2.24) is 24.6 Å². The molecule has 158 valence electrons. The average Bonchev–Trinajstić information content (AvgIpc) is 3.47. The van der Waals surface area contributed by atoms with Gasteiger partial charge in [-0.1, -0.05) is 18.2 Å². The molecule has 1 aromatic carbocycles. The molecule has 0 unspecified atom stereocenters. The van der Waals surface area contributed by atoms with Gasteiger partial charge >= 0.3 is 0 Å². The number of hydrogen-bond acceptors (Lipinski definition) is 3. The number of piperidine rings is 1. The second kappa shape index (κ2) is 8.38. The van der Waals surface area contributed by atoms with Crippen molar-refractivity contribution in [2.75, 3.05) is 13.1 Å². The van der Waals surface area contributed by atoms with Crippen molar-refractivity contribution in [2.45, 2.75) is 38.6 Å². The van der Waals surface area contributed by atoms with Crippen LogP contribution in [0.1, 0.15) is 36.4 Å². The first-order valence-corrected chi connectivity index (χ1v) is 11.0. The van der Waals surface area contributed by atoms with Gasteiger partial charge in [0.2, 0.25) is 5.91 Å². The molecule has 1 aliphatic rings. The molecule has 0 bridgehead atoms. The summed E-state index contributed by atoms with van der Waals surface area (Å²) in [6.45, 7) is 4.35. The molecule has 1 saturated heterocycles. The zero-order valence-electron chi connectivity index (χ0n) is 17.8. The molecule has 1 aliphatic heterocycles. The number of aromatic amines is 1. The monoisotopic (exact) mass is 413 g/mol. The van der Waals surface area contributed by atoms with E-state index in [0.29, 0.717) is 13.0 Å². The summed E-state index contributed by atoms with van der Waals surface area (Å²) in [5.74, 6) is 0.496. The van der Waals surface area contributed by atoms with Gasteiger partial charge in [0.25, 0.3) is 0 Å². The molecule has 0 spiro atoms. The highest BCUT2D eigenvalue weighted by Gasteiger charge is 2.28. The van der Waals surface area contributed by atoms with Crippen LogP contribution >= 0.6 is 0 Å². The minimum atomic E-state index is 0.206. The Bertz CT molecular complexity index is 1180. The Morgan fingerprint density at radius 1 is 1.16 bits per heavy atom. The largest absolute Gasteiger partial charge is 0.357 e. The summed E-state index contributed by atoms with van der Waals surface area (Å²) in [5.41, 5.74) is 6.08. The molecule has 0 radical (unpaired) electrons. The molecule has 6 nitrogen and oxygen atoms in total. The van der Waals surface area contributed by atoms with Crippen molar-refractivity contribution >= 4 is 16.8 Å². The SMILES string of the molecule is Cc1cccc2c(-c3ccncc3)c([C@H]3CCCN(C(=O)CCn4cccn4)C3)[nH]c12. The first-order chi connectivity index (χ1) is 15.2. The van der Waals surface area contributed by atoms with Crippen LogP contribution in [0.2, 0.25) is 0 Å². The summed E-state index contributed by atoms with van der Waals surface area (Å²) in [5, 5.41) is 5.45. The third-order valence-electron chi connectivity index (χ3n) is 6.34. The summed E-state index contributed by atoms with van der Waals surface area (Å²) in [6.07, 6.45) is 9.92. The minimum Gasteiger partial charge on any atom is -0.357 e. The fourth-order valence-corrected chi connectivity index (χ4v) is 4.76. The van der Waals surface area contributed by atoms with Gasteiger partial charge in [0, 0.05) is 78.9 Å². The highest BCUT2D eigenvalue weighted by atomic mass is 16.2. The fourth-order valence-electron chi connectivity index (χ4n) is 4.76. The summed E-state index contributed by atoms with van der Waals surface area (Å²) < 4.78 is 1.82. The number of para-hydroxylation sites is 1. The Morgan fingerprint density at radius 2 is 2.03 bits per heavy atom. The molecular formula is C25H27N5O. The number of rotatable bonds is 5. The van der Waals surface area contributed by atoms with Crippen LogP contribution in [0, 0.1) is 6.92 Å². The molecule has 1 N–H and O–H groups in total. The minimum absolute atomic E-state index is 0.206. The van der Waals surface area contributed by atoms with Gasteiger partial charge in [0.05, 0.1) is 0 Å². The van der Waals surface area contributed by atoms with Gasteiger partial charge in [-0.3, -0.25) is 14.5 Å². The van der Waals surface area contributed by atoms with Crippen LogP contribution in [0.25, 0.3) is 22.0 Å². The second-order valence-corrected chi connectivity index (χ2v) is 8.35. The molecule has 6 heteroatoms. The standard InChI is InChI=1S/C25H27N5O/c1-18-5-2-7-21-23(19-8-12-26-13-9-19)25(28-24(18)21)20-6-3-14-29(17-20)22(31)10-16-30-15-4-11-27-30/h2,4-5,7-9,11-13,15,20,28H,3,6,10,14,16-17H2,1H3/t20-/m0/s1. The molecule has 4 aromatic rings. The van der Waals surface area contributed by atoms with E-state index < -0.39 is 0 Å². The second-order valence-electron chi connectivity index (χ2n) is 8.35. The lowest BCUT2D eigenvalue weighted by Gasteiger charge is -2.33. The maximum atomic E-state index is 12.9. The van der Waals surface area contributed by atoms with Gasteiger partial charge in [0.1, 0.15) is 0 Å². The molecule has 31 heavy (non-hydrogen) atoms. The number of aromatic nitrogens is 4. The molecule has 5 rings (SSSR count). The number of hydrogen-bond donors (Lipinski definition) is 1. The summed E-state index contributed by atoms with van der Waals surface area (Å²) >= 11 is 0. The molecular weight excluding hydrogens is 386 g/mol. The Balaban J connectivity index is 1.44. The lowest BCUT2D eigenvalue weighted by Crippen LogP contribution is -2.39. The maximum Gasteiger partial charge on any atom is 0.224 e. The first kappa shape index (κ1) is 19.5. The number of pyridine rings is 1. The van der Waals surface area contributed by atoms with Crippen molar-refractivity contribution in [3.05, 3.63) is 72.4 Å². The Morgan fingerprint density at radius 3 is 2.84 bits per heavy atom. The van der Waals surface area contributed by atoms with Crippen LogP contribution in [0.5, 0.6) is 0 Å². The molecule has 1 amide bonds. The zero-order chi connectivity index (χ0) is 21.2. The fraction of sp³-hybridized carbons (Fsp3) is 0.320. The van der Waals surface area contributed by atoms with Crippen molar-refractivity contribution in [3.8, 4) is 11.1 Å². The van der Waals surface area contributed by atoms with Gasteiger partial charge in [-0.2, -0.15) is 5.10 Å². The van der Waals surface area contributed by atoms with E-state index in [0.717, 1.165) is 25.9 Å². The Hall–Kier alpha value is -3.41. The zero-order valence-corrected chi connectivity index (χ0v) is 17.8. The number of H-pyrrole nitrogens is 1. The van der Waals surface area contributed by atoms with E-state index >= 15 is 0 Å². The van der Waals surface area contributed by atoms with E-state index in [1.807, 2.05) is 34.2 Å². The van der Waals surface area contributed by atoms with Crippen LogP contribution in [0.3, 0.4) is 0 Å². The van der Waals surface area contributed by atoms with E-state index in [-0.39, 0.29) is 11.8 Å². The molecule has 0 saturated carbocycles. The predicted octanol–water partition coefficient (Wildman–Crippen LogP) is 4.53. The van der Waals surface area contributed by atoms with Crippen LogP contribution in [-0.2, 0) is 11.3 Å². The summed E-state index contributed by atoms with van der Waals surface area (Å²) in [6, 6.07) is 12.5. The number of likely N-dealkylation sites (tertiary alicyclic amines) is 1. The van der Waals surface area contributed by atoms with Gasteiger partial charge in [0.15, 0.2) is 0 Å². The van der Waals surface area contributed by atoms with Crippen molar-refractivity contribution in [2.24, 2.45) is 0 Å². The number of amides is 1. The van der Waals surface area contributed by atoms with Crippen LogP contribution in [0.4, 0.5) is 0 Å². The van der Waals surface area contributed by atoms with Crippen LogP contribution in [0.15, 0.2) is 61.2 Å². The number of carbonyl (C=O) groups is 1. The highest BCUT2D eigenvalue weighted by molar-refractivity contribution is 5.99. The molecule has 4 heterocycles. The number of nitrogens with one attached hydrogen (secondary N) is 1. The first-order valence-electron chi connectivity index (χ1n) is 11.0. The Labute approximate surface area is 181 Å². The maximum absolute atomic E-state index is 12.9.